The van der Waals surface area contributed by atoms with Crippen molar-refractivity contribution in [1.82, 2.24) is 5.32 Å². The zero-order chi connectivity index (χ0) is 13.6. The number of aryl methyl sites for hydroxylation is 1. The van der Waals surface area contributed by atoms with Crippen LogP contribution in [0.1, 0.15) is 32.8 Å². The molecule has 0 fully saturated rings. The van der Waals surface area contributed by atoms with Crippen LogP contribution in [0.25, 0.3) is 0 Å². The van der Waals surface area contributed by atoms with Gasteiger partial charge in [-0.25, -0.2) is 0 Å². The maximum absolute atomic E-state index is 11.8. The van der Waals surface area contributed by atoms with Gasteiger partial charge in [-0.2, -0.15) is 0 Å². The first kappa shape index (κ1) is 14.7. The lowest BCUT2D eigenvalue weighted by atomic mass is 9.87. The minimum atomic E-state index is -0.450. The van der Waals surface area contributed by atoms with E-state index in [-0.39, 0.29) is 11.3 Å². The van der Waals surface area contributed by atoms with Gasteiger partial charge in [-0.05, 0) is 23.8 Å². The molecule has 0 bridgehead atoms. The Balaban J connectivity index is 2.24. The second-order valence-corrected chi connectivity index (χ2v) is 5.72. The van der Waals surface area contributed by atoms with Gasteiger partial charge in [0.05, 0.1) is 6.04 Å². The fourth-order valence-electron chi connectivity index (χ4n) is 1.65. The van der Waals surface area contributed by atoms with Gasteiger partial charge in [0.2, 0.25) is 5.91 Å². The number of nitrogens with two attached hydrogens (primary N) is 1. The van der Waals surface area contributed by atoms with E-state index in [1.165, 1.54) is 5.56 Å². The highest BCUT2D eigenvalue weighted by molar-refractivity contribution is 5.82. The van der Waals surface area contributed by atoms with Crippen LogP contribution in [0.2, 0.25) is 0 Å². The highest BCUT2D eigenvalue weighted by Crippen LogP contribution is 2.17. The van der Waals surface area contributed by atoms with Crippen LogP contribution in [0.15, 0.2) is 30.3 Å². The van der Waals surface area contributed by atoms with Crippen LogP contribution in [-0.4, -0.2) is 18.5 Å². The third-order valence-corrected chi connectivity index (χ3v) is 3.00. The van der Waals surface area contributed by atoms with Crippen LogP contribution in [0.3, 0.4) is 0 Å². The van der Waals surface area contributed by atoms with Crippen LogP contribution in [0.4, 0.5) is 0 Å². The second-order valence-electron chi connectivity index (χ2n) is 5.72. The Morgan fingerprint density at radius 3 is 2.44 bits per heavy atom. The van der Waals surface area contributed by atoms with E-state index in [4.69, 9.17) is 5.73 Å². The van der Waals surface area contributed by atoms with Crippen molar-refractivity contribution in [1.29, 1.82) is 0 Å². The molecule has 100 valence electrons. The van der Waals surface area contributed by atoms with Crippen molar-refractivity contribution in [2.75, 3.05) is 6.54 Å². The molecule has 0 aliphatic heterocycles. The van der Waals surface area contributed by atoms with E-state index in [0.717, 1.165) is 12.8 Å². The number of nitrogens with one attached hydrogen (secondary N) is 1. The van der Waals surface area contributed by atoms with Crippen molar-refractivity contribution in [3.05, 3.63) is 35.9 Å². The first-order valence-electron chi connectivity index (χ1n) is 6.48. The van der Waals surface area contributed by atoms with Gasteiger partial charge in [-0.15, -0.1) is 0 Å². The predicted molar refractivity (Wildman–Crippen MR) is 75.2 cm³/mol. The van der Waals surface area contributed by atoms with Crippen molar-refractivity contribution in [3.8, 4) is 0 Å². The van der Waals surface area contributed by atoms with Gasteiger partial charge < -0.3 is 11.1 Å². The number of benzene rings is 1. The van der Waals surface area contributed by atoms with Gasteiger partial charge in [-0.1, -0.05) is 51.1 Å². The zero-order valence-corrected chi connectivity index (χ0v) is 11.6. The Bertz CT molecular complexity index is 368. The minimum absolute atomic E-state index is 0.0597. The van der Waals surface area contributed by atoms with Gasteiger partial charge in [-0.3, -0.25) is 4.79 Å². The topological polar surface area (TPSA) is 55.1 Å². The molecule has 0 heterocycles. The SMILES string of the molecule is CC(C)(C)[C@H](N)C(=O)NCCCc1ccccc1. The molecule has 1 aromatic carbocycles. The van der Waals surface area contributed by atoms with Crippen molar-refractivity contribution in [2.45, 2.75) is 39.7 Å². The van der Waals surface area contributed by atoms with Crippen LogP contribution < -0.4 is 11.1 Å². The third-order valence-electron chi connectivity index (χ3n) is 3.00. The predicted octanol–water partition coefficient (Wildman–Crippen LogP) is 2.11. The molecule has 0 saturated heterocycles. The molecule has 1 amide bonds. The monoisotopic (exact) mass is 248 g/mol. The van der Waals surface area contributed by atoms with Crippen LogP contribution in [0, 0.1) is 5.41 Å². The zero-order valence-electron chi connectivity index (χ0n) is 11.6. The smallest absolute Gasteiger partial charge is 0.237 e. The van der Waals surface area contributed by atoms with Crippen molar-refractivity contribution in [2.24, 2.45) is 11.1 Å². The fourth-order valence-corrected chi connectivity index (χ4v) is 1.65. The second kappa shape index (κ2) is 6.55. The lowest BCUT2D eigenvalue weighted by molar-refractivity contribution is -0.124. The third kappa shape index (κ3) is 4.88. The van der Waals surface area contributed by atoms with E-state index < -0.39 is 6.04 Å². The van der Waals surface area contributed by atoms with Crippen molar-refractivity contribution >= 4 is 5.91 Å². The molecule has 0 saturated carbocycles. The standard InChI is InChI=1S/C15H24N2O/c1-15(2,3)13(16)14(18)17-11-7-10-12-8-5-4-6-9-12/h4-6,8-9,13H,7,10-11,16H2,1-3H3,(H,17,18)/t13-/m1/s1. The molecular weight excluding hydrogens is 224 g/mol. The van der Waals surface area contributed by atoms with Crippen molar-refractivity contribution < 1.29 is 4.79 Å². The number of amides is 1. The minimum Gasteiger partial charge on any atom is -0.355 e. The highest BCUT2D eigenvalue weighted by Gasteiger charge is 2.26. The summed E-state index contributed by atoms with van der Waals surface area (Å²) in [5.41, 5.74) is 6.98. The molecule has 1 rings (SSSR count). The van der Waals surface area contributed by atoms with Crippen LogP contribution >= 0.6 is 0 Å². The van der Waals surface area contributed by atoms with Gasteiger partial charge in [0, 0.05) is 6.54 Å². The molecule has 1 aromatic rings. The summed E-state index contributed by atoms with van der Waals surface area (Å²) in [6.07, 6.45) is 1.92. The van der Waals surface area contributed by atoms with Gasteiger partial charge in [0.1, 0.15) is 0 Å². The number of rotatable bonds is 5. The molecule has 0 spiro atoms. The molecule has 0 unspecified atom stereocenters. The lowest BCUT2D eigenvalue weighted by Crippen LogP contribution is -2.48. The number of hydrogen-bond acceptors (Lipinski definition) is 2. The van der Waals surface area contributed by atoms with Gasteiger partial charge in [0.15, 0.2) is 0 Å². The summed E-state index contributed by atoms with van der Waals surface area (Å²) < 4.78 is 0. The summed E-state index contributed by atoms with van der Waals surface area (Å²) >= 11 is 0. The maximum Gasteiger partial charge on any atom is 0.237 e. The molecule has 3 heteroatoms. The maximum atomic E-state index is 11.8. The average molecular weight is 248 g/mol. The fraction of sp³-hybridized carbons (Fsp3) is 0.533. The first-order valence-corrected chi connectivity index (χ1v) is 6.48. The van der Waals surface area contributed by atoms with Crippen LogP contribution in [0.5, 0.6) is 0 Å². The molecule has 18 heavy (non-hydrogen) atoms. The van der Waals surface area contributed by atoms with E-state index >= 15 is 0 Å². The van der Waals surface area contributed by atoms with Crippen molar-refractivity contribution in [3.63, 3.8) is 0 Å². The van der Waals surface area contributed by atoms with E-state index in [1.54, 1.807) is 0 Å². The molecule has 0 aliphatic rings. The molecule has 0 aromatic heterocycles. The summed E-state index contributed by atoms with van der Waals surface area (Å²) in [6.45, 7) is 6.60. The Hall–Kier alpha value is -1.35. The summed E-state index contributed by atoms with van der Waals surface area (Å²) in [4.78, 5) is 11.8. The molecule has 0 aliphatic carbocycles. The molecule has 0 radical (unpaired) electrons. The number of carbonyl (C=O) groups is 1. The first-order chi connectivity index (χ1) is 8.41. The number of carbonyl (C=O) groups excluding carboxylic acids is 1. The van der Waals surface area contributed by atoms with Gasteiger partial charge >= 0.3 is 0 Å². The summed E-state index contributed by atoms with van der Waals surface area (Å²) in [7, 11) is 0. The van der Waals surface area contributed by atoms with E-state index in [9.17, 15) is 4.79 Å². The largest absolute Gasteiger partial charge is 0.355 e. The summed E-state index contributed by atoms with van der Waals surface area (Å²) in [6, 6.07) is 9.82. The molecule has 3 nitrogen and oxygen atoms in total. The highest BCUT2D eigenvalue weighted by atomic mass is 16.2. The Morgan fingerprint density at radius 2 is 1.89 bits per heavy atom. The average Bonchev–Trinajstić information content (AvgIpc) is 2.33. The van der Waals surface area contributed by atoms with E-state index in [0.29, 0.717) is 6.54 Å². The number of hydrogen-bond donors (Lipinski definition) is 2. The molecular formula is C15H24N2O. The Morgan fingerprint density at radius 1 is 1.28 bits per heavy atom. The van der Waals surface area contributed by atoms with E-state index in [1.807, 2.05) is 39.0 Å². The van der Waals surface area contributed by atoms with Gasteiger partial charge in [0.25, 0.3) is 0 Å². The normalized spacial score (nSPS) is 13.1. The van der Waals surface area contributed by atoms with Crippen LogP contribution in [-0.2, 0) is 11.2 Å². The molecule has 3 N–H and O–H groups in total. The summed E-state index contributed by atoms with van der Waals surface area (Å²) in [5, 5.41) is 2.90. The quantitative estimate of drug-likeness (QED) is 0.784. The Labute approximate surface area is 110 Å². The lowest BCUT2D eigenvalue weighted by Gasteiger charge is -2.25. The Kier molecular flexibility index (Phi) is 5.35. The van der Waals surface area contributed by atoms with E-state index in [2.05, 4.69) is 17.4 Å². The summed E-state index contributed by atoms with van der Waals surface area (Å²) in [5.74, 6) is -0.0597. The molecule has 1 atom stereocenters.